The zero-order valence-corrected chi connectivity index (χ0v) is 13.7. The highest BCUT2D eigenvalue weighted by atomic mass is 127. The molecular formula is C13H12BrIN2O. The van der Waals surface area contributed by atoms with Gasteiger partial charge in [0.25, 0.3) is 5.91 Å². The van der Waals surface area contributed by atoms with Crippen LogP contribution in [0.15, 0.2) is 34.8 Å². The van der Waals surface area contributed by atoms with Crippen LogP contribution in [0.2, 0.25) is 0 Å². The van der Waals surface area contributed by atoms with Crippen LogP contribution in [0.1, 0.15) is 21.7 Å². The molecule has 0 bridgehead atoms. The first-order valence-corrected chi connectivity index (χ1v) is 7.27. The smallest absolute Gasteiger partial charge is 0.267 e. The summed E-state index contributed by atoms with van der Waals surface area (Å²) in [5.74, 6) is -0.108. The van der Waals surface area contributed by atoms with Crippen molar-refractivity contribution in [2.45, 2.75) is 13.8 Å². The SMILES string of the molecule is Cc1ccc(C)n1NC(=O)c1cc(Br)ccc1I. The van der Waals surface area contributed by atoms with Gasteiger partial charge in [-0.25, -0.2) is 0 Å². The van der Waals surface area contributed by atoms with Crippen molar-refractivity contribution in [2.75, 3.05) is 5.43 Å². The van der Waals surface area contributed by atoms with Crippen molar-refractivity contribution in [1.29, 1.82) is 0 Å². The van der Waals surface area contributed by atoms with Gasteiger partial charge in [0, 0.05) is 19.4 Å². The maximum Gasteiger partial charge on any atom is 0.271 e. The van der Waals surface area contributed by atoms with Crippen LogP contribution in [0.25, 0.3) is 0 Å². The zero-order chi connectivity index (χ0) is 13.3. The van der Waals surface area contributed by atoms with Crippen LogP contribution in [0.5, 0.6) is 0 Å². The molecule has 2 rings (SSSR count). The Balaban J connectivity index is 2.30. The number of aromatic nitrogens is 1. The topological polar surface area (TPSA) is 34.0 Å². The molecule has 18 heavy (non-hydrogen) atoms. The predicted molar refractivity (Wildman–Crippen MR) is 84.5 cm³/mol. The van der Waals surface area contributed by atoms with Gasteiger partial charge in [-0.15, -0.1) is 0 Å². The normalized spacial score (nSPS) is 10.4. The molecule has 5 heteroatoms. The van der Waals surface area contributed by atoms with Crippen LogP contribution >= 0.6 is 38.5 Å². The van der Waals surface area contributed by atoms with Crippen molar-refractivity contribution in [3.63, 3.8) is 0 Å². The number of hydrogen-bond donors (Lipinski definition) is 1. The molecule has 1 amide bonds. The van der Waals surface area contributed by atoms with E-state index < -0.39 is 0 Å². The minimum absolute atomic E-state index is 0.108. The van der Waals surface area contributed by atoms with Crippen molar-refractivity contribution in [2.24, 2.45) is 0 Å². The lowest BCUT2D eigenvalue weighted by atomic mass is 10.2. The van der Waals surface area contributed by atoms with Gasteiger partial charge in [0.15, 0.2) is 0 Å². The summed E-state index contributed by atoms with van der Waals surface area (Å²) in [5.41, 5.74) is 5.57. The molecular weight excluding hydrogens is 407 g/mol. The number of aryl methyl sites for hydroxylation is 2. The minimum Gasteiger partial charge on any atom is -0.267 e. The Labute approximate surface area is 128 Å². The second-order valence-corrected chi connectivity index (χ2v) is 6.09. The van der Waals surface area contributed by atoms with Crippen molar-refractivity contribution in [3.05, 3.63) is 55.3 Å². The molecule has 0 aliphatic heterocycles. The molecule has 3 nitrogen and oxygen atoms in total. The van der Waals surface area contributed by atoms with Gasteiger partial charge in [-0.05, 0) is 66.8 Å². The molecule has 94 valence electrons. The number of benzene rings is 1. The summed E-state index contributed by atoms with van der Waals surface area (Å²) < 4.78 is 3.61. The lowest BCUT2D eigenvalue weighted by molar-refractivity contribution is 0.101. The molecule has 1 aromatic heterocycles. The molecule has 1 heterocycles. The Morgan fingerprint density at radius 2 is 1.83 bits per heavy atom. The van der Waals surface area contributed by atoms with E-state index >= 15 is 0 Å². The monoisotopic (exact) mass is 418 g/mol. The van der Waals surface area contributed by atoms with Gasteiger partial charge in [0.05, 0.1) is 5.56 Å². The van der Waals surface area contributed by atoms with E-state index in [4.69, 9.17) is 0 Å². The molecule has 0 fully saturated rings. The molecule has 0 spiro atoms. The predicted octanol–water partition coefficient (Wildman–Crippen LogP) is 3.86. The molecule has 0 saturated carbocycles. The molecule has 0 aliphatic rings. The quantitative estimate of drug-likeness (QED) is 0.738. The standard InChI is InChI=1S/C13H12BrIN2O/c1-8-3-4-9(2)17(8)16-13(18)11-7-10(14)5-6-12(11)15/h3-7H,1-2H3,(H,16,18). The Hall–Kier alpha value is -0.820. The van der Waals surface area contributed by atoms with E-state index in [0.29, 0.717) is 5.56 Å². The summed E-state index contributed by atoms with van der Waals surface area (Å²) in [5, 5.41) is 0. The fraction of sp³-hybridized carbons (Fsp3) is 0.154. The largest absolute Gasteiger partial charge is 0.271 e. The third-order valence-electron chi connectivity index (χ3n) is 2.66. The molecule has 2 aromatic rings. The Bertz CT molecular complexity index is 588. The van der Waals surface area contributed by atoms with Crippen molar-refractivity contribution in [3.8, 4) is 0 Å². The molecule has 0 atom stereocenters. The van der Waals surface area contributed by atoms with Gasteiger partial charge in [-0.3, -0.25) is 14.9 Å². The number of rotatable bonds is 2. The van der Waals surface area contributed by atoms with Crippen LogP contribution in [-0.4, -0.2) is 10.6 Å². The number of amides is 1. The van der Waals surface area contributed by atoms with Gasteiger partial charge in [0.2, 0.25) is 0 Å². The van der Waals surface area contributed by atoms with Crippen molar-refractivity contribution < 1.29 is 4.79 Å². The summed E-state index contributed by atoms with van der Waals surface area (Å²) in [6.07, 6.45) is 0. The number of carbonyl (C=O) groups excluding carboxylic acids is 1. The molecule has 1 aromatic carbocycles. The first-order valence-electron chi connectivity index (χ1n) is 5.40. The highest BCUT2D eigenvalue weighted by molar-refractivity contribution is 14.1. The van der Waals surface area contributed by atoms with E-state index in [2.05, 4.69) is 43.9 Å². The molecule has 1 N–H and O–H groups in total. The van der Waals surface area contributed by atoms with E-state index in [0.717, 1.165) is 19.4 Å². The average molecular weight is 419 g/mol. The van der Waals surface area contributed by atoms with Crippen molar-refractivity contribution >= 4 is 44.4 Å². The highest BCUT2D eigenvalue weighted by Crippen LogP contribution is 2.19. The highest BCUT2D eigenvalue weighted by Gasteiger charge is 2.12. The number of nitrogens with one attached hydrogen (secondary N) is 1. The second-order valence-electron chi connectivity index (χ2n) is 4.02. The minimum atomic E-state index is -0.108. The Morgan fingerprint density at radius 1 is 1.22 bits per heavy atom. The number of carbonyl (C=O) groups is 1. The summed E-state index contributed by atoms with van der Waals surface area (Å²) in [6, 6.07) is 9.61. The average Bonchev–Trinajstić information content (AvgIpc) is 2.64. The lowest BCUT2D eigenvalue weighted by Crippen LogP contribution is -2.25. The first-order chi connectivity index (χ1) is 8.49. The number of nitrogens with zero attached hydrogens (tertiary/aromatic N) is 1. The van der Waals surface area contributed by atoms with Crippen LogP contribution < -0.4 is 5.43 Å². The summed E-state index contributed by atoms with van der Waals surface area (Å²) in [6.45, 7) is 3.91. The Kier molecular flexibility index (Phi) is 4.11. The number of halogens is 2. The lowest BCUT2D eigenvalue weighted by Gasteiger charge is -2.12. The van der Waals surface area contributed by atoms with Gasteiger partial charge in [0.1, 0.15) is 0 Å². The maximum atomic E-state index is 12.2. The molecule has 0 unspecified atom stereocenters. The third-order valence-corrected chi connectivity index (χ3v) is 4.09. The zero-order valence-electron chi connectivity index (χ0n) is 10.00. The Morgan fingerprint density at radius 3 is 2.44 bits per heavy atom. The summed E-state index contributed by atoms with van der Waals surface area (Å²) >= 11 is 5.54. The van der Waals surface area contributed by atoms with Crippen molar-refractivity contribution in [1.82, 2.24) is 4.68 Å². The van der Waals surface area contributed by atoms with Gasteiger partial charge >= 0.3 is 0 Å². The van der Waals surface area contributed by atoms with E-state index in [1.807, 2.05) is 44.2 Å². The molecule has 0 aliphatic carbocycles. The first kappa shape index (κ1) is 13.6. The van der Waals surface area contributed by atoms with E-state index in [1.165, 1.54) is 0 Å². The van der Waals surface area contributed by atoms with Crippen LogP contribution in [0.3, 0.4) is 0 Å². The van der Waals surface area contributed by atoms with Gasteiger partial charge in [-0.1, -0.05) is 15.9 Å². The number of hydrogen-bond acceptors (Lipinski definition) is 1. The fourth-order valence-electron chi connectivity index (χ4n) is 1.68. The molecule has 0 radical (unpaired) electrons. The second kappa shape index (κ2) is 5.44. The van der Waals surface area contributed by atoms with Gasteiger partial charge < -0.3 is 0 Å². The fourth-order valence-corrected chi connectivity index (χ4v) is 2.62. The van der Waals surface area contributed by atoms with Gasteiger partial charge in [-0.2, -0.15) is 0 Å². The van der Waals surface area contributed by atoms with E-state index in [1.54, 1.807) is 4.68 Å². The maximum absolute atomic E-state index is 12.2. The van der Waals surface area contributed by atoms with E-state index in [9.17, 15) is 4.79 Å². The summed E-state index contributed by atoms with van der Waals surface area (Å²) in [4.78, 5) is 12.2. The molecule has 0 saturated heterocycles. The third kappa shape index (κ3) is 2.77. The van der Waals surface area contributed by atoms with Crippen LogP contribution in [0, 0.1) is 17.4 Å². The summed E-state index contributed by atoms with van der Waals surface area (Å²) in [7, 11) is 0. The van der Waals surface area contributed by atoms with Crippen LogP contribution in [0.4, 0.5) is 0 Å². The van der Waals surface area contributed by atoms with Crippen LogP contribution in [-0.2, 0) is 0 Å². The van der Waals surface area contributed by atoms with E-state index in [-0.39, 0.29) is 5.91 Å².